The van der Waals surface area contributed by atoms with Crippen LogP contribution >= 0.6 is 0 Å². The fourth-order valence-electron chi connectivity index (χ4n) is 3.66. The van der Waals surface area contributed by atoms with E-state index < -0.39 is 0 Å². The quantitative estimate of drug-likeness (QED) is 0.395. The number of anilines is 1. The van der Waals surface area contributed by atoms with Crippen LogP contribution in [0.25, 0.3) is 28.0 Å². The number of H-pyrrole nitrogens is 2. The molecule has 0 spiro atoms. The number of aryl methyl sites for hydroxylation is 2. The van der Waals surface area contributed by atoms with Crippen LogP contribution in [0.3, 0.4) is 0 Å². The van der Waals surface area contributed by atoms with Crippen LogP contribution in [0.1, 0.15) is 21.5 Å². The Labute approximate surface area is 183 Å². The Bertz CT molecular complexity index is 1510. The van der Waals surface area contributed by atoms with Gasteiger partial charge in [-0.1, -0.05) is 30.3 Å². The van der Waals surface area contributed by atoms with E-state index in [2.05, 4.69) is 22.2 Å². The van der Waals surface area contributed by atoms with E-state index in [-0.39, 0.29) is 11.6 Å². The summed E-state index contributed by atoms with van der Waals surface area (Å²) in [5.41, 5.74) is 6.71. The molecular weight excluding hydrogens is 402 g/mol. The number of hydrogen-bond acceptors (Lipinski definition) is 3. The Morgan fingerprint density at radius 3 is 2.47 bits per heavy atom. The van der Waals surface area contributed by atoms with Crippen LogP contribution in [0.2, 0.25) is 0 Å². The summed E-state index contributed by atoms with van der Waals surface area (Å²) >= 11 is 0. The number of carbonyl (C=O) groups is 1. The van der Waals surface area contributed by atoms with E-state index in [0.717, 1.165) is 16.8 Å². The molecule has 0 saturated heterocycles. The lowest BCUT2D eigenvalue weighted by Crippen LogP contribution is -2.12. The van der Waals surface area contributed by atoms with Crippen LogP contribution in [0.15, 0.2) is 77.7 Å². The standard InChI is InChI=1S/C25H21N5O2/c1-15-8-9-17(12-16(15)2)23-20(14-30(29-23)19-6-4-3-5-7-19)24(31)26-18-10-11-21-22(13-18)28-25(32)27-21/h3-14H,1-2H3,(H,26,31)(H2,27,28,32). The number of nitrogens with zero attached hydrogens (tertiary/aromatic N) is 2. The molecule has 0 aliphatic rings. The minimum Gasteiger partial charge on any atom is -0.322 e. The minimum absolute atomic E-state index is 0.280. The first-order valence-corrected chi connectivity index (χ1v) is 10.2. The van der Waals surface area contributed by atoms with Crippen molar-refractivity contribution in [2.45, 2.75) is 13.8 Å². The van der Waals surface area contributed by atoms with Crippen LogP contribution in [-0.4, -0.2) is 25.7 Å². The van der Waals surface area contributed by atoms with E-state index in [1.807, 2.05) is 55.5 Å². The first-order chi connectivity index (χ1) is 15.5. The summed E-state index contributed by atoms with van der Waals surface area (Å²) in [6.45, 7) is 4.09. The number of amides is 1. The lowest BCUT2D eigenvalue weighted by molar-refractivity contribution is 0.102. The number of benzene rings is 3. The summed E-state index contributed by atoms with van der Waals surface area (Å²) < 4.78 is 1.71. The van der Waals surface area contributed by atoms with Gasteiger partial charge in [0.1, 0.15) is 5.69 Å². The van der Waals surface area contributed by atoms with Crippen molar-refractivity contribution in [2.24, 2.45) is 0 Å². The largest absolute Gasteiger partial charge is 0.323 e. The highest BCUT2D eigenvalue weighted by molar-refractivity contribution is 6.08. The highest BCUT2D eigenvalue weighted by Gasteiger charge is 2.19. The number of fused-ring (bicyclic) bond motifs is 1. The zero-order valence-corrected chi connectivity index (χ0v) is 17.6. The zero-order valence-electron chi connectivity index (χ0n) is 17.6. The SMILES string of the molecule is Cc1ccc(-c2nn(-c3ccccc3)cc2C(=O)Nc2ccc3[nH]c(=O)[nH]c3c2)cc1C. The Balaban J connectivity index is 1.57. The summed E-state index contributed by atoms with van der Waals surface area (Å²) in [6, 6.07) is 21.0. The Morgan fingerprint density at radius 1 is 0.906 bits per heavy atom. The number of rotatable bonds is 4. The van der Waals surface area contributed by atoms with E-state index in [1.165, 1.54) is 5.56 Å². The molecule has 158 valence electrons. The number of para-hydroxylation sites is 1. The molecule has 3 aromatic carbocycles. The molecule has 0 unspecified atom stereocenters. The summed E-state index contributed by atoms with van der Waals surface area (Å²) in [7, 11) is 0. The van der Waals surface area contributed by atoms with E-state index in [9.17, 15) is 9.59 Å². The van der Waals surface area contributed by atoms with E-state index in [0.29, 0.717) is 28.0 Å². The van der Waals surface area contributed by atoms with Gasteiger partial charge in [-0.15, -0.1) is 0 Å². The first-order valence-electron chi connectivity index (χ1n) is 10.2. The predicted octanol–water partition coefficient (Wildman–Crippen LogP) is 4.58. The summed E-state index contributed by atoms with van der Waals surface area (Å²) in [6.07, 6.45) is 1.74. The summed E-state index contributed by atoms with van der Waals surface area (Å²) in [4.78, 5) is 30.2. The third-order valence-corrected chi connectivity index (χ3v) is 5.53. The van der Waals surface area contributed by atoms with E-state index in [1.54, 1.807) is 29.1 Å². The molecule has 5 aromatic rings. The molecule has 7 nitrogen and oxygen atoms in total. The molecule has 3 N–H and O–H groups in total. The van der Waals surface area contributed by atoms with Crippen molar-refractivity contribution in [1.82, 2.24) is 19.7 Å². The summed E-state index contributed by atoms with van der Waals surface area (Å²) in [5, 5.41) is 7.67. The van der Waals surface area contributed by atoms with Gasteiger partial charge in [-0.2, -0.15) is 5.10 Å². The van der Waals surface area contributed by atoms with Gasteiger partial charge < -0.3 is 15.3 Å². The van der Waals surface area contributed by atoms with Gasteiger partial charge in [0.15, 0.2) is 0 Å². The molecule has 0 bridgehead atoms. The highest BCUT2D eigenvalue weighted by Crippen LogP contribution is 2.27. The van der Waals surface area contributed by atoms with E-state index >= 15 is 0 Å². The highest BCUT2D eigenvalue weighted by atomic mass is 16.2. The smallest absolute Gasteiger partial charge is 0.322 e. The second-order valence-corrected chi connectivity index (χ2v) is 7.76. The van der Waals surface area contributed by atoms with Gasteiger partial charge in [-0.3, -0.25) is 4.79 Å². The van der Waals surface area contributed by atoms with Gasteiger partial charge in [-0.25, -0.2) is 9.48 Å². The van der Waals surface area contributed by atoms with Gasteiger partial charge >= 0.3 is 5.69 Å². The van der Waals surface area contributed by atoms with Crippen LogP contribution in [-0.2, 0) is 0 Å². The molecule has 0 radical (unpaired) electrons. The van der Waals surface area contributed by atoms with Gasteiger partial charge in [0.05, 0.1) is 22.3 Å². The maximum atomic E-state index is 13.3. The number of imidazole rings is 1. The summed E-state index contributed by atoms with van der Waals surface area (Å²) in [5.74, 6) is -0.280. The molecule has 0 aliphatic carbocycles. The number of aromatic nitrogens is 4. The van der Waals surface area contributed by atoms with Crippen molar-refractivity contribution in [3.8, 4) is 16.9 Å². The number of hydrogen-bond donors (Lipinski definition) is 3. The van der Waals surface area contributed by atoms with Crippen molar-refractivity contribution < 1.29 is 4.79 Å². The average molecular weight is 423 g/mol. The second-order valence-electron chi connectivity index (χ2n) is 7.76. The Kier molecular flexibility index (Phi) is 4.71. The first kappa shape index (κ1) is 19.6. The van der Waals surface area contributed by atoms with Crippen LogP contribution < -0.4 is 11.0 Å². The molecule has 2 aromatic heterocycles. The average Bonchev–Trinajstić information content (AvgIpc) is 3.39. The van der Waals surface area contributed by atoms with Gasteiger partial charge in [0.25, 0.3) is 5.91 Å². The van der Waals surface area contributed by atoms with E-state index in [4.69, 9.17) is 5.10 Å². The molecule has 1 amide bonds. The fraction of sp³-hybridized carbons (Fsp3) is 0.0800. The molecule has 7 heteroatoms. The Morgan fingerprint density at radius 2 is 1.69 bits per heavy atom. The lowest BCUT2D eigenvalue weighted by Gasteiger charge is -2.07. The van der Waals surface area contributed by atoms with Crippen molar-refractivity contribution in [2.75, 3.05) is 5.32 Å². The zero-order chi connectivity index (χ0) is 22.2. The van der Waals surface area contributed by atoms with Gasteiger partial charge in [-0.05, 0) is 61.4 Å². The molecular formula is C25H21N5O2. The molecule has 2 heterocycles. The van der Waals surface area contributed by atoms with Gasteiger partial charge in [0.2, 0.25) is 0 Å². The Hall–Kier alpha value is -4.39. The van der Waals surface area contributed by atoms with Crippen molar-refractivity contribution >= 4 is 22.6 Å². The molecule has 0 aliphatic heterocycles. The minimum atomic E-state index is -0.287. The number of carbonyl (C=O) groups excluding carboxylic acids is 1. The third kappa shape index (κ3) is 3.60. The number of nitrogens with one attached hydrogen (secondary N) is 3. The lowest BCUT2D eigenvalue weighted by atomic mass is 10.0. The topological polar surface area (TPSA) is 95.6 Å². The third-order valence-electron chi connectivity index (χ3n) is 5.53. The predicted molar refractivity (Wildman–Crippen MR) is 125 cm³/mol. The normalized spacial score (nSPS) is 11.1. The van der Waals surface area contributed by atoms with Crippen LogP contribution in [0, 0.1) is 13.8 Å². The van der Waals surface area contributed by atoms with Crippen LogP contribution in [0.4, 0.5) is 5.69 Å². The molecule has 5 rings (SSSR count). The molecule has 0 saturated carbocycles. The maximum Gasteiger partial charge on any atom is 0.323 e. The molecule has 32 heavy (non-hydrogen) atoms. The maximum absolute atomic E-state index is 13.3. The van der Waals surface area contributed by atoms with Crippen molar-refractivity contribution in [3.63, 3.8) is 0 Å². The molecule has 0 fully saturated rings. The molecule has 0 atom stereocenters. The second kappa shape index (κ2) is 7.70. The van der Waals surface area contributed by atoms with Crippen molar-refractivity contribution in [1.29, 1.82) is 0 Å². The number of aromatic amines is 2. The fourth-order valence-corrected chi connectivity index (χ4v) is 3.66. The monoisotopic (exact) mass is 423 g/mol. The van der Waals surface area contributed by atoms with Crippen LogP contribution in [0.5, 0.6) is 0 Å². The van der Waals surface area contributed by atoms with Crippen molar-refractivity contribution in [3.05, 3.63) is 100 Å². The van der Waals surface area contributed by atoms with Gasteiger partial charge in [0, 0.05) is 17.4 Å².